The molecule has 0 N–H and O–H groups in total. The number of likely N-dealkylation sites (tertiary alicyclic amines) is 1. The Morgan fingerprint density at radius 1 is 1.00 bits per heavy atom. The number of hydrogen-bond acceptors (Lipinski definition) is 4. The highest BCUT2D eigenvalue weighted by Crippen LogP contribution is 2.38. The third-order valence-corrected chi connectivity index (χ3v) is 6.61. The largest absolute Gasteiger partial charge is 0.493 e. The molecule has 2 saturated heterocycles. The van der Waals surface area contributed by atoms with Crippen molar-refractivity contribution in [3.05, 3.63) is 52.0 Å². The fourth-order valence-electron chi connectivity index (χ4n) is 4.21. The van der Waals surface area contributed by atoms with Crippen LogP contribution in [0.3, 0.4) is 0 Å². The Morgan fingerprint density at radius 3 is 2.48 bits per heavy atom. The summed E-state index contributed by atoms with van der Waals surface area (Å²) in [4.78, 5) is 17.3. The molecule has 8 heteroatoms. The van der Waals surface area contributed by atoms with Gasteiger partial charge in [0, 0.05) is 24.8 Å². The van der Waals surface area contributed by atoms with E-state index in [1.807, 2.05) is 24.3 Å². The number of ether oxygens (including phenoxy) is 2. The highest BCUT2D eigenvalue weighted by molar-refractivity contribution is 6.42. The number of amides is 1. The number of nitrogens with zero attached hydrogens (tertiary/aromatic N) is 2. The number of carbonyl (C=O) groups excluding carboxylic acids is 1. The lowest BCUT2D eigenvalue weighted by Crippen LogP contribution is -2.27. The standard InChI is InChI=1S/C23H26Cl2N2O3.ClH/c1-29-21-7-5-17(15-22(21)30-13-12-26-9-2-3-10-26)27-11-8-18(23(27)28)16-4-6-19(24)20(25)14-16;/h4-7,14-15,18H,2-3,8-13H2,1H3;1H. The second-order valence-electron chi connectivity index (χ2n) is 7.74. The minimum absolute atomic E-state index is 0. The molecule has 2 heterocycles. The van der Waals surface area contributed by atoms with Crippen molar-refractivity contribution < 1.29 is 14.3 Å². The zero-order chi connectivity index (χ0) is 21.1. The van der Waals surface area contributed by atoms with Gasteiger partial charge >= 0.3 is 0 Å². The summed E-state index contributed by atoms with van der Waals surface area (Å²) >= 11 is 12.2. The zero-order valence-electron chi connectivity index (χ0n) is 17.5. The van der Waals surface area contributed by atoms with Gasteiger partial charge in [0.15, 0.2) is 11.5 Å². The number of carbonyl (C=O) groups is 1. The van der Waals surface area contributed by atoms with Gasteiger partial charge in [-0.1, -0.05) is 29.3 Å². The van der Waals surface area contributed by atoms with E-state index in [0.29, 0.717) is 34.7 Å². The third kappa shape index (κ3) is 5.40. The lowest BCUT2D eigenvalue weighted by molar-refractivity contribution is -0.118. The van der Waals surface area contributed by atoms with Crippen molar-refractivity contribution >= 4 is 47.2 Å². The van der Waals surface area contributed by atoms with Gasteiger partial charge in [-0.05, 0) is 62.2 Å². The first-order valence-electron chi connectivity index (χ1n) is 10.4. The maximum absolute atomic E-state index is 13.1. The maximum Gasteiger partial charge on any atom is 0.234 e. The summed E-state index contributed by atoms with van der Waals surface area (Å²) in [6.45, 7) is 4.41. The number of anilines is 1. The number of halogens is 3. The van der Waals surface area contributed by atoms with Crippen molar-refractivity contribution in [2.45, 2.75) is 25.2 Å². The predicted octanol–water partition coefficient (Wildman–Crippen LogP) is 5.42. The molecular weight excluding hydrogens is 459 g/mol. The van der Waals surface area contributed by atoms with Crippen molar-refractivity contribution in [1.82, 2.24) is 4.90 Å². The molecule has 0 aliphatic carbocycles. The van der Waals surface area contributed by atoms with Crippen LogP contribution in [0.4, 0.5) is 5.69 Å². The Hall–Kier alpha value is -1.66. The molecule has 0 aromatic heterocycles. The molecule has 2 fully saturated rings. The van der Waals surface area contributed by atoms with Crippen LogP contribution in [0.25, 0.3) is 0 Å². The molecule has 5 nitrogen and oxygen atoms in total. The first kappa shape index (κ1) is 24.0. The van der Waals surface area contributed by atoms with Crippen LogP contribution in [-0.4, -0.2) is 50.7 Å². The van der Waals surface area contributed by atoms with Gasteiger partial charge in [0.05, 0.1) is 23.1 Å². The van der Waals surface area contributed by atoms with Crippen LogP contribution in [0, 0.1) is 0 Å². The molecule has 0 spiro atoms. The van der Waals surface area contributed by atoms with Crippen LogP contribution >= 0.6 is 35.6 Å². The highest BCUT2D eigenvalue weighted by Gasteiger charge is 2.34. The Balaban J connectivity index is 0.00000272. The van der Waals surface area contributed by atoms with Crippen LogP contribution in [0.15, 0.2) is 36.4 Å². The van der Waals surface area contributed by atoms with E-state index in [1.165, 1.54) is 12.8 Å². The third-order valence-electron chi connectivity index (χ3n) is 5.87. The molecule has 4 rings (SSSR count). The molecule has 31 heavy (non-hydrogen) atoms. The molecule has 1 amide bonds. The summed E-state index contributed by atoms with van der Waals surface area (Å²) in [6.07, 6.45) is 3.25. The molecule has 1 unspecified atom stereocenters. The summed E-state index contributed by atoms with van der Waals surface area (Å²) < 4.78 is 11.5. The Kier molecular flexibility index (Phi) is 8.34. The van der Waals surface area contributed by atoms with E-state index in [-0.39, 0.29) is 24.2 Å². The lowest BCUT2D eigenvalue weighted by Gasteiger charge is -2.20. The average Bonchev–Trinajstić information content (AvgIpc) is 3.40. The number of rotatable bonds is 7. The SMILES string of the molecule is COc1ccc(N2CCC(c3ccc(Cl)c(Cl)c3)C2=O)cc1OCCN1CCCC1.Cl. The summed E-state index contributed by atoms with van der Waals surface area (Å²) in [6, 6.07) is 11.1. The molecule has 0 radical (unpaired) electrons. The van der Waals surface area contributed by atoms with Crippen LogP contribution in [0.1, 0.15) is 30.7 Å². The number of hydrogen-bond donors (Lipinski definition) is 0. The fourth-order valence-corrected chi connectivity index (χ4v) is 4.52. The molecule has 2 aromatic rings. The zero-order valence-corrected chi connectivity index (χ0v) is 19.8. The first-order valence-corrected chi connectivity index (χ1v) is 11.1. The predicted molar refractivity (Wildman–Crippen MR) is 128 cm³/mol. The normalized spacial score (nSPS) is 18.9. The van der Waals surface area contributed by atoms with Gasteiger partial charge in [0.2, 0.25) is 5.91 Å². The number of methoxy groups -OCH3 is 1. The van der Waals surface area contributed by atoms with Crippen molar-refractivity contribution in [3.8, 4) is 11.5 Å². The van der Waals surface area contributed by atoms with E-state index in [0.717, 1.165) is 37.3 Å². The van der Waals surface area contributed by atoms with Crippen LogP contribution < -0.4 is 14.4 Å². The summed E-state index contributed by atoms with van der Waals surface area (Å²) in [5.41, 5.74) is 1.71. The van der Waals surface area contributed by atoms with E-state index in [9.17, 15) is 4.79 Å². The van der Waals surface area contributed by atoms with Crippen molar-refractivity contribution in [3.63, 3.8) is 0 Å². The lowest BCUT2D eigenvalue weighted by atomic mass is 9.98. The molecule has 1 atom stereocenters. The molecule has 2 aliphatic rings. The second-order valence-corrected chi connectivity index (χ2v) is 8.55. The van der Waals surface area contributed by atoms with Crippen molar-refractivity contribution in [1.29, 1.82) is 0 Å². The summed E-state index contributed by atoms with van der Waals surface area (Å²) in [5, 5.41) is 0.965. The van der Waals surface area contributed by atoms with Gasteiger partial charge in [-0.2, -0.15) is 0 Å². The van der Waals surface area contributed by atoms with Crippen molar-refractivity contribution in [2.24, 2.45) is 0 Å². The first-order chi connectivity index (χ1) is 14.6. The molecule has 168 valence electrons. The van der Waals surface area contributed by atoms with Gasteiger partial charge < -0.3 is 14.4 Å². The van der Waals surface area contributed by atoms with E-state index in [2.05, 4.69) is 4.90 Å². The summed E-state index contributed by atoms with van der Waals surface area (Å²) in [5.74, 6) is 1.18. The molecule has 2 aliphatic heterocycles. The van der Waals surface area contributed by atoms with Crippen molar-refractivity contribution in [2.75, 3.05) is 44.8 Å². The fraction of sp³-hybridized carbons (Fsp3) is 0.435. The highest BCUT2D eigenvalue weighted by atomic mass is 35.5. The molecule has 2 aromatic carbocycles. The maximum atomic E-state index is 13.1. The van der Waals surface area contributed by atoms with E-state index in [1.54, 1.807) is 24.1 Å². The van der Waals surface area contributed by atoms with Crippen LogP contribution in [0.2, 0.25) is 10.0 Å². The minimum atomic E-state index is -0.221. The molecular formula is C23H27Cl3N2O3. The van der Waals surface area contributed by atoms with Gasteiger partial charge in [0.25, 0.3) is 0 Å². The van der Waals surface area contributed by atoms with Gasteiger partial charge in [0.1, 0.15) is 6.61 Å². The Labute approximate surface area is 199 Å². The van der Waals surface area contributed by atoms with E-state index in [4.69, 9.17) is 32.7 Å². The monoisotopic (exact) mass is 484 g/mol. The van der Waals surface area contributed by atoms with Gasteiger partial charge in [-0.3, -0.25) is 9.69 Å². The minimum Gasteiger partial charge on any atom is -0.493 e. The van der Waals surface area contributed by atoms with Crippen LogP contribution in [-0.2, 0) is 4.79 Å². The number of benzene rings is 2. The average molecular weight is 486 g/mol. The van der Waals surface area contributed by atoms with Gasteiger partial charge in [-0.15, -0.1) is 12.4 Å². The smallest absolute Gasteiger partial charge is 0.234 e. The molecule has 0 saturated carbocycles. The topological polar surface area (TPSA) is 42.0 Å². The Morgan fingerprint density at radius 2 is 1.77 bits per heavy atom. The second kappa shape index (κ2) is 10.8. The molecule has 0 bridgehead atoms. The van der Waals surface area contributed by atoms with Crippen LogP contribution in [0.5, 0.6) is 11.5 Å². The van der Waals surface area contributed by atoms with E-state index < -0.39 is 0 Å². The quantitative estimate of drug-likeness (QED) is 0.525. The van der Waals surface area contributed by atoms with E-state index >= 15 is 0 Å². The van der Waals surface area contributed by atoms with Gasteiger partial charge in [-0.25, -0.2) is 0 Å². The summed E-state index contributed by atoms with van der Waals surface area (Å²) in [7, 11) is 1.63. The Bertz CT molecular complexity index is 919.